The molecule has 0 aliphatic heterocycles. The van der Waals surface area contributed by atoms with E-state index in [-0.39, 0.29) is 6.42 Å². The van der Waals surface area contributed by atoms with Gasteiger partial charge in [0.2, 0.25) is 0 Å². The first-order valence-electron chi connectivity index (χ1n) is 4.88. The molecule has 4 nitrogen and oxygen atoms in total. The molecule has 1 aromatic rings. The van der Waals surface area contributed by atoms with E-state index in [0.717, 1.165) is 0 Å². The Hall–Kier alpha value is -1.99. The van der Waals surface area contributed by atoms with Crippen LogP contribution in [0.1, 0.15) is 12.0 Å². The lowest BCUT2D eigenvalue weighted by atomic mass is 10.1. The number of nitriles is 1. The third-order valence-corrected chi connectivity index (χ3v) is 2.37. The fourth-order valence-corrected chi connectivity index (χ4v) is 1.48. The summed E-state index contributed by atoms with van der Waals surface area (Å²) in [5.41, 5.74) is 0.763. The highest BCUT2D eigenvalue weighted by molar-refractivity contribution is 6.30. The Morgan fingerprint density at radius 2 is 2.41 bits per heavy atom. The van der Waals surface area contributed by atoms with Gasteiger partial charge in [0, 0.05) is 5.02 Å². The van der Waals surface area contributed by atoms with E-state index in [4.69, 9.17) is 22.0 Å². The molecule has 0 fully saturated rings. The van der Waals surface area contributed by atoms with Crippen LogP contribution in [0.15, 0.2) is 30.9 Å². The molecule has 0 saturated heterocycles. The van der Waals surface area contributed by atoms with Crippen LogP contribution in [-0.4, -0.2) is 17.1 Å². The van der Waals surface area contributed by atoms with Crippen molar-refractivity contribution >= 4 is 23.3 Å². The second kappa shape index (κ2) is 5.92. The number of halogens is 1. The third kappa shape index (κ3) is 3.51. The van der Waals surface area contributed by atoms with Gasteiger partial charge in [-0.15, -0.1) is 6.58 Å². The van der Waals surface area contributed by atoms with Crippen LogP contribution in [0.4, 0.5) is 5.69 Å². The lowest BCUT2D eigenvalue weighted by molar-refractivity contribution is -0.137. The maximum atomic E-state index is 10.9. The van der Waals surface area contributed by atoms with Gasteiger partial charge in [0.05, 0.1) is 11.3 Å². The molecule has 0 spiro atoms. The summed E-state index contributed by atoms with van der Waals surface area (Å²) in [6.45, 7) is 3.49. The van der Waals surface area contributed by atoms with Crippen molar-refractivity contribution in [2.45, 2.75) is 12.5 Å². The van der Waals surface area contributed by atoms with Crippen molar-refractivity contribution in [3.63, 3.8) is 0 Å². The van der Waals surface area contributed by atoms with Gasteiger partial charge in [0.1, 0.15) is 12.1 Å². The summed E-state index contributed by atoms with van der Waals surface area (Å²) < 4.78 is 0. The van der Waals surface area contributed by atoms with E-state index in [9.17, 15) is 4.79 Å². The molecule has 1 aromatic carbocycles. The summed E-state index contributed by atoms with van der Waals surface area (Å²) >= 11 is 5.74. The molecular weight excluding hydrogens is 240 g/mol. The van der Waals surface area contributed by atoms with Crippen LogP contribution >= 0.6 is 11.6 Å². The maximum Gasteiger partial charge on any atom is 0.326 e. The second-order valence-electron chi connectivity index (χ2n) is 3.36. The topological polar surface area (TPSA) is 73.1 Å². The van der Waals surface area contributed by atoms with Gasteiger partial charge in [-0.1, -0.05) is 17.7 Å². The zero-order valence-electron chi connectivity index (χ0n) is 8.98. The Balaban J connectivity index is 2.97. The second-order valence-corrected chi connectivity index (χ2v) is 3.80. The smallest absolute Gasteiger partial charge is 0.326 e. The lowest BCUT2D eigenvalue weighted by Gasteiger charge is -2.15. The first-order chi connectivity index (χ1) is 8.08. The number of aliphatic carboxylic acids is 1. The summed E-state index contributed by atoms with van der Waals surface area (Å²) in [5, 5.41) is 21.1. The number of hydrogen-bond acceptors (Lipinski definition) is 3. The molecular formula is C12H11ClN2O2. The first kappa shape index (κ1) is 13.1. The number of anilines is 1. The molecule has 2 N–H and O–H groups in total. The summed E-state index contributed by atoms with van der Waals surface area (Å²) in [5.74, 6) is -0.997. The van der Waals surface area contributed by atoms with Crippen molar-refractivity contribution < 1.29 is 9.90 Å². The van der Waals surface area contributed by atoms with Crippen LogP contribution in [0.5, 0.6) is 0 Å². The van der Waals surface area contributed by atoms with Crippen LogP contribution in [0, 0.1) is 11.3 Å². The van der Waals surface area contributed by atoms with Gasteiger partial charge in [-0.05, 0) is 24.6 Å². The number of benzene rings is 1. The minimum absolute atomic E-state index is 0.267. The van der Waals surface area contributed by atoms with Crippen LogP contribution in [0.3, 0.4) is 0 Å². The zero-order valence-corrected chi connectivity index (χ0v) is 9.74. The number of carboxylic acid groups (broad SMARTS) is 1. The van der Waals surface area contributed by atoms with Crippen molar-refractivity contribution in [2.24, 2.45) is 0 Å². The van der Waals surface area contributed by atoms with Crippen molar-refractivity contribution in [1.29, 1.82) is 5.26 Å². The number of carbonyl (C=O) groups is 1. The number of hydrogen-bond donors (Lipinski definition) is 2. The molecule has 5 heteroatoms. The summed E-state index contributed by atoms with van der Waals surface area (Å²) in [7, 11) is 0. The van der Waals surface area contributed by atoms with Crippen molar-refractivity contribution in [1.82, 2.24) is 0 Å². The Labute approximate surface area is 104 Å². The molecule has 1 rings (SSSR count). The minimum atomic E-state index is -0.997. The van der Waals surface area contributed by atoms with Crippen LogP contribution in [0.2, 0.25) is 5.02 Å². The van der Waals surface area contributed by atoms with Crippen molar-refractivity contribution in [2.75, 3.05) is 5.32 Å². The lowest BCUT2D eigenvalue weighted by Crippen LogP contribution is -2.28. The number of nitrogens with zero attached hydrogens (tertiary/aromatic N) is 1. The number of nitrogens with one attached hydrogen (secondary N) is 1. The molecule has 1 atom stereocenters. The predicted octanol–water partition coefficient (Wildman–Crippen LogP) is 2.65. The standard InChI is InChI=1S/C12H11ClN2O2/c1-2-3-11(12(16)17)15-10-5-4-9(13)6-8(10)7-14/h2,4-6,11,15H,1,3H2,(H,16,17). The summed E-state index contributed by atoms with van der Waals surface area (Å²) in [6, 6.07) is 5.81. The van der Waals surface area contributed by atoms with Crippen LogP contribution < -0.4 is 5.32 Å². The van der Waals surface area contributed by atoms with Crippen LogP contribution in [0.25, 0.3) is 0 Å². The van der Waals surface area contributed by atoms with E-state index >= 15 is 0 Å². The fourth-order valence-electron chi connectivity index (χ4n) is 1.31. The van der Waals surface area contributed by atoms with E-state index in [1.54, 1.807) is 12.1 Å². The molecule has 1 unspecified atom stereocenters. The average molecular weight is 251 g/mol. The quantitative estimate of drug-likeness (QED) is 0.788. The largest absolute Gasteiger partial charge is 0.480 e. The Morgan fingerprint density at radius 1 is 1.71 bits per heavy atom. The molecule has 0 aliphatic carbocycles. The highest BCUT2D eigenvalue weighted by atomic mass is 35.5. The van der Waals surface area contributed by atoms with E-state index < -0.39 is 12.0 Å². The Morgan fingerprint density at radius 3 is 2.94 bits per heavy atom. The number of rotatable bonds is 5. The number of carboxylic acids is 1. The molecule has 0 amide bonds. The van der Waals surface area contributed by atoms with E-state index in [0.29, 0.717) is 16.3 Å². The highest BCUT2D eigenvalue weighted by Gasteiger charge is 2.16. The first-order valence-corrected chi connectivity index (χ1v) is 5.26. The SMILES string of the molecule is C=CCC(Nc1ccc(Cl)cc1C#N)C(=O)O. The van der Waals surface area contributed by atoms with E-state index in [1.165, 1.54) is 12.1 Å². The molecule has 0 aromatic heterocycles. The zero-order chi connectivity index (χ0) is 12.8. The van der Waals surface area contributed by atoms with E-state index in [1.807, 2.05) is 6.07 Å². The Kier molecular flexibility index (Phi) is 4.56. The minimum Gasteiger partial charge on any atom is -0.480 e. The molecule has 0 bridgehead atoms. The van der Waals surface area contributed by atoms with Gasteiger partial charge in [0.25, 0.3) is 0 Å². The predicted molar refractivity (Wildman–Crippen MR) is 66.0 cm³/mol. The Bertz CT molecular complexity index is 480. The van der Waals surface area contributed by atoms with Gasteiger partial charge in [-0.3, -0.25) is 0 Å². The molecule has 0 aliphatic rings. The average Bonchev–Trinajstić information content (AvgIpc) is 2.30. The monoisotopic (exact) mass is 250 g/mol. The molecule has 0 saturated carbocycles. The van der Waals surface area contributed by atoms with Gasteiger partial charge < -0.3 is 10.4 Å². The molecule has 88 valence electrons. The third-order valence-electron chi connectivity index (χ3n) is 2.13. The fraction of sp³-hybridized carbons (Fsp3) is 0.167. The van der Waals surface area contributed by atoms with Crippen LogP contribution in [-0.2, 0) is 4.79 Å². The highest BCUT2D eigenvalue weighted by Crippen LogP contribution is 2.21. The normalized spacial score (nSPS) is 11.3. The summed E-state index contributed by atoms with van der Waals surface area (Å²) in [4.78, 5) is 10.9. The van der Waals surface area contributed by atoms with Crippen molar-refractivity contribution in [3.05, 3.63) is 41.4 Å². The molecule has 0 radical (unpaired) electrons. The molecule has 17 heavy (non-hydrogen) atoms. The van der Waals surface area contributed by atoms with Crippen molar-refractivity contribution in [3.8, 4) is 6.07 Å². The van der Waals surface area contributed by atoms with Gasteiger partial charge in [0.15, 0.2) is 0 Å². The van der Waals surface area contributed by atoms with E-state index in [2.05, 4.69) is 11.9 Å². The summed E-state index contributed by atoms with van der Waals surface area (Å²) in [6.07, 6.45) is 1.77. The molecule has 0 heterocycles. The van der Waals surface area contributed by atoms with Gasteiger partial charge in [-0.25, -0.2) is 4.79 Å². The van der Waals surface area contributed by atoms with Gasteiger partial charge in [-0.2, -0.15) is 5.26 Å². The van der Waals surface area contributed by atoms with Gasteiger partial charge >= 0.3 is 5.97 Å². The maximum absolute atomic E-state index is 10.9.